The minimum atomic E-state index is -0.0932. The van der Waals surface area contributed by atoms with E-state index in [0.717, 1.165) is 0 Å². The van der Waals surface area contributed by atoms with Gasteiger partial charge in [0.05, 0.1) is 11.2 Å². The van der Waals surface area contributed by atoms with Crippen LogP contribution in [0.3, 0.4) is 0 Å². The molecule has 0 radical (unpaired) electrons. The monoisotopic (exact) mass is 394 g/mol. The van der Waals surface area contributed by atoms with Crippen LogP contribution in [0.4, 0.5) is 5.69 Å². The van der Waals surface area contributed by atoms with Crippen molar-refractivity contribution in [3.05, 3.63) is 106 Å². The summed E-state index contributed by atoms with van der Waals surface area (Å²) in [7, 11) is 0. The van der Waals surface area contributed by atoms with Crippen LogP contribution >= 0.6 is 0 Å². The molecule has 0 saturated carbocycles. The second-order valence-electron chi connectivity index (χ2n) is 9.24. The molecule has 2 heteroatoms. The van der Waals surface area contributed by atoms with Gasteiger partial charge >= 0.3 is 0 Å². The molecule has 3 aromatic carbocycles. The maximum Gasteiger partial charge on any atom is 0.133 e. The van der Waals surface area contributed by atoms with E-state index in [9.17, 15) is 0 Å². The molecule has 2 nitrogen and oxygen atoms in total. The number of hydrogen-bond donors (Lipinski definition) is 0. The Morgan fingerprint density at radius 2 is 1.30 bits per heavy atom. The van der Waals surface area contributed by atoms with Crippen molar-refractivity contribution >= 4 is 11.4 Å². The number of nitrogens with zero attached hydrogens (tertiary/aromatic N) is 2. The molecule has 0 fully saturated rings. The topological polar surface area (TPSA) is 6.48 Å². The largest absolute Gasteiger partial charge is 0.336 e. The molecular weight excluding hydrogens is 364 g/mol. The van der Waals surface area contributed by atoms with Crippen molar-refractivity contribution in [3.63, 3.8) is 0 Å². The molecule has 0 aromatic heterocycles. The minimum absolute atomic E-state index is 0.0932. The smallest absolute Gasteiger partial charge is 0.133 e. The van der Waals surface area contributed by atoms with Crippen LogP contribution in [0.25, 0.3) is 5.70 Å². The van der Waals surface area contributed by atoms with E-state index in [0.29, 0.717) is 0 Å². The van der Waals surface area contributed by atoms with Gasteiger partial charge in [-0.1, -0.05) is 60.7 Å². The summed E-state index contributed by atoms with van der Waals surface area (Å²) in [5, 5.41) is 0. The van der Waals surface area contributed by atoms with Crippen LogP contribution in [0.15, 0.2) is 72.4 Å². The summed E-state index contributed by atoms with van der Waals surface area (Å²) in [6, 6.07) is 24.4. The number of hydrogen-bond acceptors (Lipinski definition) is 2. The molecule has 2 aliphatic heterocycles. The summed E-state index contributed by atoms with van der Waals surface area (Å²) in [5.41, 5.74) is 12.1. The van der Waals surface area contributed by atoms with Gasteiger partial charge in [-0.05, 0) is 69.9 Å². The van der Waals surface area contributed by atoms with Crippen molar-refractivity contribution in [2.24, 2.45) is 0 Å². The number of fused-ring (bicyclic) bond motifs is 3. The fourth-order valence-corrected chi connectivity index (χ4v) is 5.61. The Balaban J connectivity index is 1.84. The van der Waals surface area contributed by atoms with E-state index in [1.165, 1.54) is 50.5 Å². The third-order valence-corrected chi connectivity index (χ3v) is 7.05. The fraction of sp³-hybridized carbons (Fsp3) is 0.286. The summed E-state index contributed by atoms with van der Waals surface area (Å²) in [6.07, 6.45) is 0.129. The molecule has 0 spiro atoms. The maximum absolute atomic E-state index is 2.66. The molecule has 152 valence electrons. The number of allylic oxidation sites excluding steroid dienone is 1. The van der Waals surface area contributed by atoms with Gasteiger partial charge in [0.1, 0.15) is 6.17 Å². The van der Waals surface area contributed by atoms with Crippen molar-refractivity contribution < 1.29 is 0 Å². The lowest BCUT2D eigenvalue weighted by Crippen LogP contribution is -2.41. The Labute approximate surface area is 180 Å². The van der Waals surface area contributed by atoms with E-state index >= 15 is 0 Å². The Morgan fingerprint density at radius 1 is 0.700 bits per heavy atom. The SMILES string of the molecule is CC1=C2c3ccccc3C(C)(C)N2C(c2c(C)cccc2C)N1c1ccccc1C. The zero-order valence-corrected chi connectivity index (χ0v) is 18.8. The Hall–Kier alpha value is -3.00. The molecular formula is C28H30N2. The van der Waals surface area contributed by atoms with Crippen LogP contribution < -0.4 is 4.90 Å². The third-order valence-electron chi connectivity index (χ3n) is 7.05. The average molecular weight is 395 g/mol. The number of rotatable bonds is 2. The minimum Gasteiger partial charge on any atom is -0.336 e. The molecule has 1 atom stereocenters. The van der Waals surface area contributed by atoms with Crippen molar-refractivity contribution in [2.75, 3.05) is 4.90 Å². The van der Waals surface area contributed by atoms with Crippen LogP contribution in [0.5, 0.6) is 0 Å². The molecule has 5 rings (SSSR count). The highest BCUT2D eigenvalue weighted by molar-refractivity contribution is 5.83. The van der Waals surface area contributed by atoms with E-state index in [1.807, 2.05) is 0 Å². The van der Waals surface area contributed by atoms with Crippen LogP contribution in [0.2, 0.25) is 0 Å². The van der Waals surface area contributed by atoms with E-state index < -0.39 is 0 Å². The van der Waals surface area contributed by atoms with E-state index in [1.54, 1.807) is 0 Å². The second-order valence-corrected chi connectivity index (χ2v) is 9.24. The summed E-state index contributed by atoms with van der Waals surface area (Å²) in [4.78, 5) is 5.23. The van der Waals surface area contributed by atoms with E-state index in [4.69, 9.17) is 0 Å². The van der Waals surface area contributed by atoms with Crippen LogP contribution in [0, 0.1) is 20.8 Å². The van der Waals surface area contributed by atoms with Gasteiger partial charge in [0.15, 0.2) is 0 Å². The summed E-state index contributed by atoms with van der Waals surface area (Å²) >= 11 is 0. The standard InChI is InChI=1S/C28H30N2/c1-18-12-7-10-17-24(18)29-21(4)26-22-15-8-9-16-23(22)28(5,6)30(26)27(29)25-19(2)13-11-14-20(25)3/h7-17,27H,1-6H3. The van der Waals surface area contributed by atoms with Gasteiger partial charge in [0, 0.05) is 22.5 Å². The zero-order chi connectivity index (χ0) is 21.2. The van der Waals surface area contributed by atoms with Gasteiger partial charge in [-0.15, -0.1) is 0 Å². The lowest BCUT2D eigenvalue weighted by molar-refractivity contribution is 0.170. The third kappa shape index (κ3) is 2.43. The van der Waals surface area contributed by atoms with Gasteiger partial charge in [-0.2, -0.15) is 0 Å². The molecule has 2 aliphatic rings. The highest BCUT2D eigenvalue weighted by Gasteiger charge is 2.52. The number of para-hydroxylation sites is 1. The summed E-state index contributed by atoms with van der Waals surface area (Å²) in [5.74, 6) is 0. The van der Waals surface area contributed by atoms with E-state index in [2.05, 4.69) is 118 Å². The highest BCUT2D eigenvalue weighted by Crippen LogP contribution is 2.58. The fourth-order valence-electron chi connectivity index (χ4n) is 5.61. The lowest BCUT2D eigenvalue weighted by atomic mass is 9.91. The summed E-state index contributed by atoms with van der Waals surface area (Å²) in [6.45, 7) is 13.8. The molecule has 2 heterocycles. The predicted octanol–water partition coefficient (Wildman–Crippen LogP) is 7.07. The van der Waals surface area contributed by atoms with Gasteiger partial charge in [0.2, 0.25) is 0 Å². The second kappa shape index (κ2) is 6.50. The van der Waals surface area contributed by atoms with Crippen LogP contribution in [0.1, 0.15) is 60.3 Å². The van der Waals surface area contributed by atoms with Gasteiger partial charge in [-0.3, -0.25) is 0 Å². The lowest BCUT2D eigenvalue weighted by Gasteiger charge is -2.43. The van der Waals surface area contributed by atoms with Crippen LogP contribution in [-0.4, -0.2) is 4.90 Å². The van der Waals surface area contributed by atoms with Gasteiger partial charge in [-0.25, -0.2) is 0 Å². The van der Waals surface area contributed by atoms with Gasteiger partial charge < -0.3 is 9.80 Å². The summed E-state index contributed by atoms with van der Waals surface area (Å²) < 4.78 is 0. The number of benzene rings is 3. The molecule has 30 heavy (non-hydrogen) atoms. The molecule has 0 saturated heterocycles. The first-order chi connectivity index (χ1) is 14.3. The molecule has 0 N–H and O–H groups in total. The first-order valence-corrected chi connectivity index (χ1v) is 10.8. The first kappa shape index (κ1) is 19.0. The first-order valence-electron chi connectivity index (χ1n) is 10.8. The number of anilines is 1. The molecule has 0 amide bonds. The van der Waals surface area contributed by atoms with E-state index in [-0.39, 0.29) is 11.7 Å². The quantitative estimate of drug-likeness (QED) is 0.458. The van der Waals surface area contributed by atoms with Crippen molar-refractivity contribution in [3.8, 4) is 0 Å². The molecule has 3 aromatic rings. The Bertz CT molecular complexity index is 1160. The molecule has 1 unspecified atom stereocenters. The average Bonchev–Trinajstić information content (AvgIpc) is 3.14. The van der Waals surface area contributed by atoms with Crippen molar-refractivity contribution in [2.45, 2.75) is 53.2 Å². The Kier molecular flexibility index (Phi) is 4.12. The van der Waals surface area contributed by atoms with Crippen molar-refractivity contribution in [1.29, 1.82) is 0 Å². The van der Waals surface area contributed by atoms with Crippen LogP contribution in [-0.2, 0) is 5.54 Å². The highest BCUT2D eigenvalue weighted by atomic mass is 15.5. The zero-order valence-electron chi connectivity index (χ0n) is 18.8. The normalized spacial score (nSPS) is 19.3. The van der Waals surface area contributed by atoms with Gasteiger partial charge in [0.25, 0.3) is 0 Å². The maximum atomic E-state index is 2.66. The predicted molar refractivity (Wildman–Crippen MR) is 126 cm³/mol. The number of aryl methyl sites for hydroxylation is 3. The van der Waals surface area contributed by atoms with Crippen molar-refractivity contribution in [1.82, 2.24) is 4.90 Å². The molecule has 0 aliphatic carbocycles. The Morgan fingerprint density at radius 3 is 2.00 bits per heavy atom. The molecule has 0 bridgehead atoms.